The second-order valence-corrected chi connectivity index (χ2v) is 5.45. The summed E-state index contributed by atoms with van der Waals surface area (Å²) in [4.78, 5) is 11.8. The smallest absolute Gasteiger partial charge is 0.230 e. The van der Waals surface area contributed by atoms with Crippen molar-refractivity contribution in [3.8, 4) is 5.75 Å². The first-order chi connectivity index (χ1) is 10.1. The normalized spacial score (nSPS) is 10.4. The number of benzene rings is 1. The van der Waals surface area contributed by atoms with Gasteiger partial charge in [-0.3, -0.25) is 4.79 Å². The van der Waals surface area contributed by atoms with Crippen LogP contribution in [0.1, 0.15) is 11.4 Å². The van der Waals surface area contributed by atoms with Crippen molar-refractivity contribution in [2.24, 2.45) is 7.05 Å². The van der Waals surface area contributed by atoms with Crippen molar-refractivity contribution in [3.05, 3.63) is 35.7 Å². The molecule has 0 fully saturated rings. The number of carbonyl (C=O) groups excluding carboxylic acids is 1. The van der Waals surface area contributed by atoms with Crippen molar-refractivity contribution < 1.29 is 9.53 Å². The van der Waals surface area contributed by atoms with Crippen molar-refractivity contribution in [1.29, 1.82) is 0 Å². The Balaban J connectivity index is 1.80. The largest absolute Gasteiger partial charge is 0.497 e. The van der Waals surface area contributed by atoms with Crippen LogP contribution in [0, 0.1) is 6.92 Å². The molecule has 0 spiro atoms. The number of aromatic nitrogens is 3. The Kier molecular flexibility index (Phi) is 5.21. The molecule has 1 heterocycles. The summed E-state index contributed by atoms with van der Waals surface area (Å²) in [5.74, 6) is 1.89. The number of carbonyl (C=O) groups is 1. The summed E-state index contributed by atoms with van der Waals surface area (Å²) in [5.41, 5.74) is 1.00. The van der Waals surface area contributed by atoms with E-state index >= 15 is 0 Å². The maximum Gasteiger partial charge on any atom is 0.230 e. The van der Waals surface area contributed by atoms with Crippen LogP contribution >= 0.6 is 11.8 Å². The average Bonchev–Trinajstić information content (AvgIpc) is 2.83. The molecule has 0 bridgehead atoms. The first-order valence-corrected chi connectivity index (χ1v) is 7.47. The summed E-state index contributed by atoms with van der Waals surface area (Å²) >= 11 is 1.37. The predicted molar refractivity (Wildman–Crippen MR) is 81.3 cm³/mol. The Morgan fingerprint density at radius 3 is 2.90 bits per heavy atom. The molecule has 21 heavy (non-hydrogen) atoms. The van der Waals surface area contributed by atoms with Crippen LogP contribution < -0.4 is 10.1 Å². The fourth-order valence-electron chi connectivity index (χ4n) is 1.68. The highest BCUT2D eigenvalue weighted by Gasteiger charge is 2.09. The minimum absolute atomic E-state index is 0.0385. The number of rotatable bonds is 6. The van der Waals surface area contributed by atoms with E-state index in [1.807, 2.05) is 42.8 Å². The lowest BCUT2D eigenvalue weighted by molar-refractivity contribution is -0.118. The van der Waals surface area contributed by atoms with Gasteiger partial charge in [-0.1, -0.05) is 23.9 Å². The van der Waals surface area contributed by atoms with Gasteiger partial charge >= 0.3 is 0 Å². The molecule has 1 aromatic carbocycles. The lowest BCUT2D eigenvalue weighted by Gasteiger charge is -2.07. The summed E-state index contributed by atoms with van der Waals surface area (Å²) in [5, 5.41) is 11.6. The van der Waals surface area contributed by atoms with E-state index in [9.17, 15) is 4.79 Å². The van der Waals surface area contributed by atoms with Crippen LogP contribution in [0.25, 0.3) is 0 Å². The zero-order chi connectivity index (χ0) is 15.2. The van der Waals surface area contributed by atoms with E-state index in [4.69, 9.17) is 4.74 Å². The Bertz CT molecular complexity index is 627. The Labute approximate surface area is 127 Å². The van der Waals surface area contributed by atoms with Crippen LogP contribution in [0.4, 0.5) is 0 Å². The third kappa shape index (κ3) is 4.22. The van der Waals surface area contributed by atoms with Gasteiger partial charge < -0.3 is 14.6 Å². The van der Waals surface area contributed by atoms with E-state index in [1.165, 1.54) is 11.8 Å². The molecular weight excluding hydrogens is 288 g/mol. The highest BCUT2D eigenvalue weighted by atomic mass is 32.2. The number of thioether (sulfide) groups is 1. The molecule has 6 nitrogen and oxygen atoms in total. The van der Waals surface area contributed by atoms with Gasteiger partial charge in [0, 0.05) is 13.6 Å². The molecule has 0 saturated carbocycles. The second-order valence-electron chi connectivity index (χ2n) is 4.51. The molecular formula is C14H18N4O2S. The van der Waals surface area contributed by atoms with Gasteiger partial charge in [0.05, 0.1) is 12.9 Å². The molecule has 0 aliphatic heterocycles. The fraction of sp³-hybridized carbons (Fsp3) is 0.357. The molecule has 7 heteroatoms. The summed E-state index contributed by atoms with van der Waals surface area (Å²) in [7, 11) is 3.50. The maximum absolute atomic E-state index is 11.8. The van der Waals surface area contributed by atoms with Crippen molar-refractivity contribution in [2.75, 3.05) is 12.9 Å². The monoisotopic (exact) mass is 306 g/mol. The highest BCUT2D eigenvalue weighted by molar-refractivity contribution is 7.99. The molecule has 0 unspecified atom stereocenters. The molecule has 2 aromatic rings. The van der Waals surface area contributed by atoms with Crippen LogP contribution in [-0.2, 0) is 18.4 Å². The van der Waals surface area contributed by atoms with Crippen LogP contribution in [0.2, 0.25) is 0 Å². The van der Waals surface area contributed by atoms with E-state index in [0.29, 0.717) is 12.3 Å². The Morgan fingerprint density at radius 1 is 1.43 bits per heavy atom. The van der Waals surface area contributed by atoms with Gasteiger partial charge in [-0.05, 0) is 24.6 Å². The number of ether oxygens (including phenoxy) is 1. The molecule has 2 rings (SSSR count). The number of nitrogens with one attached hydrogen (secondary N) is 1. The lowest BCUT2D eigenvalue weighted by Crippen LogP contribution is -2.24. The quantitative estimate of drug-likeness (QED) is 0.820. The molecule has 112 valence electrons. The summed E-state index contributed by atoms with van der Waals surface area (Å²) in [6.45, 7) is 2.36. The van der Waals surface area contributed by atoms with Gasteiger partial charge in [0.2, 0.25) is 5.91 Å². The zero-order valence-electron chi connectivity index (χ0n) is 12.3. The van der Waals surface area contributed by atoms with Crippen molar-refractivity contribution in [3.63, 3.8) is 0 Å². The van der Waals surface area contributed by atoms with Crippen LogP contribution in [0.5, 0.6) is 5.75 Å². The molecule has 1 aromatic heterocycles. The average molecular weight is 306 g/mol. The molecule has 0 atom stereocenters. The van der Waals surface area contributed by atoms with Crippen LogP contribution in [-0.4, -0.2) is 33.5 Å². The van der Waals surface area contributed by atoms with Gasteiger partial charge in [0.1, 0.15) is 11.6 Å². The molecule has 1 amide bonds. The standard InChI is InChI=1S/C14H18N4O2S/c1-10-16-17-14(18(10)2)21-9-13(19)15-8-11-5-4-6-12(7-11)20-3/h4-7H,8-9H2,1-3H3,(H,15,19). The topological polar surface area (TPSA) is 69.0 Å². The fourth-order valence-corrected chi connectivity index (χ4v) is 2.46. The van der Waals surface area contributed by atoms with Crippen molar-refractivity contribution in [1.82, 2.24) is 20.1 Å². The second kappa shape index (κ2) is 7.12. The maximum atomic E-state index is 11.8. The van der Waals surface area contributed by atoms with Gasteiger partial charge in [0.15, 0.2) is 5.16 Å². The highest BCUT2D eigenvalue weighted by Crippen LogP contribution is 2.15. The first kappa shape index (κ1) is 15.4. The predicted octanol–water partition coefficient (Wildman–Crippen LogP) is 1.54. The number of methoxy groups -OCH3 is 1. The minimum atomic E-state index is -0.0385. The zero-order valence-corrected chi connectivity index (χ0v) is 13.1. The van der Waals surface area contributed by atoms with Crippen molar-refractivity contribution >= 4 is 17.7 Å². The SMILES string of the molecule is COc1cccc(CNC(=O)CSc2nnc(C)n2C)c1. The van der Waals surface area contributed by atoms with E-state index < -0.39 is 0 Å². The number of hydrogen-bond acceptors (Lipinski definition) is 5. The van der Waals surface area contributed by atoms with Gasteiger partial charge in [-0.2, -0.15) is 0 Å². The molecule has 0 aliphatic carbocycles. The van der Waals surface area contributed by atoms with E-state index in [-0.39, 0.29) is 5.91 Å². The van der Waals surface area contributed by atoms with E-state index in [0.717, 1.165) is 22.3 Å². The van der Waals surface area contributed by atoms with Crippen LogP contribution in [0.15, 0.2) is 29.4 Å². The van der Waals surface area contributed by atoms with Crippen molar-refractivity contribution in [2.45, 2.75) is 18.6 Å². The van der Waals surface area contributed by atoms with Gasteiger partial charge in [0.25, 0.3) is 0 Å². The number of amides is 1. The number of hydrogen-bond donors (Lipinski definition) is 1. The first-order valence-electron chi connectivity index (χ1n) is 6.48. The lowest BCUT2D eigenvalue weighted by atomic mass is 10.2. The molecule has 1 N–H and O–H groups in total. The summed E-state index contributed by atoms with van der Waals surface area (Å²) in [6.07, 6.45) is 0. The van der Waals surface area contributed by atoms with Gasteiger partial charge in [-0.15, -0.1) is 10.2 Å². The van der Waals surface area contributed by atoms with E-state index in [2.05, 4.69) is 15.5 Å². The Morgan fingerprint density at radius 2 is 2.24 bits per heavy atom. The van der Waals surface area contributed by atoms with Crippen LogP contribution in [0.3, 0.4) is 0 Å². The van der Waals surface area contributed by atoms with E-state index in [1.54, 1.807) is 7.11 Å². The third-order valence-corrected chi connectivity index (χ3v) is 4.03. The third-order valence-electron chi connectivity index (χ3n) is 3.01. The summed E-state index contributed by atoms with van der Waals surface area (Å²) < 4.78 is 7.01. The summed E-state index contributed by atoms with van der Waals surface area (Å²) in [6, 6.07) is 7.62. The molecule has 0 saturated heterocycles. The number of nitrogens with zero attached hydrogens (tertiary/aromatic N) is 3. The minimum Gasteiger partial charge on any atom is -0.497 e. The van der Waals surface area contributed by atoms with Gasteiger partial charge in [-0.25, -0.2) is 0 Å². The Hall–Kier alpha value is -2.02. The number of aryl methyl sites for hydroxylation is 1. The molecule has 0 radical (unpaired) electrons. The molecule has 0 aliphatic rings.